The van der Waals surface area contributed by atoms with Gasteiger partial charge in [-0.1, -0.05) is 0 Å². The highest BCUT2D eigenvalue weighted by molar-refractivity contribution is 6.04. The Morgan fingerprint density at radius 1 is 1.20 bits per heavy atom. The summed E-state index contributed by atoms with van der Waals surface area (Å²) in [5, 5.41) is 5.93. The molecule has 0 unspecified atom stereocenters. The second-order valence-corrected chi connectivity index (χ2v) is 4.50. The zero-order valence-electron chi connectivity index (χ0n) is 11.9. The minimum absolute atomic E-state index is 0.186. The van der Waals surface area contributed by atoms with Gasteiger partial charge in [-0.15, -0.1) is 0 Å². The molecule has 0 atom stereocenters. The SMILES string of the molecule is CCNc1ccc(C(=O)Nc2ccc(C)nc2C)cn1. The fraction of sp³-hybridized carbons (Fsp3) is 0.267. The van der Waals surface area contributed by atoms with Crippen molar-refractivity contribution in [1.82, 2.24) is 9.97 Å². The van der Waals surface area contributed by atoms with Crippen molar-refractivity contribution in [3.8, 4) is 0 Å². The first-order valence-corrected chi connectivity index (χ1v) is 6.55. The van der Waals surface area contributed by atoms with Gasteiger partial charge in [0, 0.05) is 18.4 Å². The molecule has 1 amide bonds. The molecule has 2 N–H and O–H groups in total. The van der Waals surface area contributed by atoms with Gasteiger partial charge in [0.2, 0.25) is 0 Å². The molecule has 20 heavy (non-hydrogen) atoms. The lowest BCUT2D eigenvalue weighted by Crippen LogP contribution is -2.14. The molecule has 0 bridgehead atoms. The van der Waals surface area contributed by atoms with Crippen LogP contribution in [0.2, 0.25) is 0 Å². The van der Waals surface area contributed by atoms with E-state index in [4.69, 9.17) is 0 Å². The normalized spacial score (nSPS) is 10.2. The maximum atomic E-state index is 12.1. The Bertz CT molecular complexity index is 608. The molecule has 2 aromatic heterocycles. The Labute approximate surface area is 118 Å². The van der Waals surface area contributed by atoms with Crippen molar-refractivity contribution in [3.63, 3.8) is 0 Å². The molecule has 104 valence electrons. The number of carbonyl (C=O) groups excluding carboxylic acids is 1. The molecule has 0 aliphatic carbocycles. The van der Waals surface area contributed by atoms with E-state index in [-0.39, 0.29) is 5.91 Å². The standard InChI is InChI=1S/C15H18N4O/c1-4-16-14-8-6-12(9-17-14)15(20)19-13-7-5-10(2)18-11(13)3/h5-9H,4H2,1-3H3,(H,16,17)(H,19,20). The number of hydrogen-bond acceptors (Lipinski definition) is 4. The van der Waals surface area contributed by atoms with Gasteiger partial charge in [0.15, 0.2) is 0 Å². The molecular formula is C15H18N4O. The predicted octanol–water partition coefficient (Wildman–Crippen LogP) is 2.78. The van der Waals surface area contributed by atoms with E-state index in [1.165, 1.54) is 0 Å². The Balaban J connectivity index is 2.11. The molecule has 0 fully saturated rings. The summed E-state index contributed by atoms with van der Waals surface area (Å²) in [7, 11) is 0. The van der Waals surface area contributed by atoms with E-state index in [0.29, 0.717) is 5.56 Å². The first kappa shape index (κ1) is 14.0. The fourth-order valence-corrected chi connectivity index (χ4v) is 1.83. The molecule has 0 spiro atoms. The molecule has 0 aromatic carbocycles. The van der Waals surface area contributed by atoms with Gasteiger partial charge < -0.3 is 10.6 Å². The first-order valence-electron chi connectivity index (χ1n) is 6.55. The molecule has 0 radical (unpaired) electrons. The summed E-state index contributed by atoms with van der Waals surface area (Å²) in [4.78, 5) is 20.6. The van der Waals surface area contributed by atoms with E-state index in [1.54, 1.807) is 18.3 Å². The molecule has 2 heterocycles. The van der Waals surface area contributed by atoms with Crippen LogP contribution in [0.15, 0.2) is 30.5 Å². The third kappa shape index (κ3) is 3.32. The van der Waals surface area contributed by atoms with Crippen LogP contribution in [0.4, 0.5) is 11.5 Å². The van der Waals surface area contributed by atoms with Crippen molar-refractivity contribution in [2.45, 2.75) is 20.8 Å². The summed E-state index contributed by atoms with van der Waals surface area (Å²) in [6.07, 6.45) is 1.56. The Morgan fingerprint density at radius 3 is 2.60 bits per heavy atom. The van der Waals surface area contributed by atoms with Crippen LogP contribution in [0.5, 0.6) is 0 Å². The van der Waals surface area contributed by atoms with Crippen LogP contribution in [0.3, 0.4) is 0 Å². The monoisotopic (exact) mass is 270 g/mol. The van der Waals surface area contributed by atoms with E-state index >= 15 is 0 Å². The van der Waals surface area contributed by atoms with Crippen molar-refractivity contribution >= 4 is 17.4 Å². The number of anilines is 2. The minimum Gasteiger partial charge on any atom is -0.370 e. The van der Waals surface area contributed by atoms with Crippen LogP contribution in [0.1, 0.15) is 28.7 Å². The highest BCUT2D eigenvalue weighted by Crippen LogP contribution is 2.14. The molecule has 0 aliphatic heterocycles. The van der Waals surface area contributed by atoms with Gasteiger partial charge in [0.05, 0.1) is 16.9 Å². The van der Waals surface area contributed by atoms with Gasteiger partial charge in [0.1, 0.15) is 5.82 Å². The van der Waals surface area contributed by atoms with Gasteiger partial charge in [0.25, 0.3) is 5.91 Å². The van der Waals surface area contributed by atoms with Crippen LogP contribution in [0.25, 0.3) is 0 Å². The zero-order chi connectivity index (χ0) is 14.5. The quantitative estimate of drug-likeness (QED) is 0.896. The summed E-state index contributed by atoms with van der Waals surface area (Å²) in [5.41, 5.74) is 2.97. The Morgan fingerprint density at radius 2 is 2.00 bits per heavy atom. The molecule has 0 aliphatic rings. The number of nitrogens with one attached hydrogen (secondary N) is 2. The van der Waals surface area contributed by atoms with Gasteiger partial charge >= 0.3 is 0 Å². The Kier molecular flexibility index (Phi) is 4.30. The minimum atomic E-state index is -0.186. The van der Waals surface area contributed by atoms with Crippen molar-refractivity contribution in [3.05, 3.63) is 47.4 Å². The first-order chi connectivity index (χ1) is 9.60. The number of nitrogens with zero attached hydrogens (tertiary/aromatic N) is 2. The lowest BCUT2D eigenvalue weighted by atomic mass is 10.2. The molecule has 0 saturated carbocycles. The maximum Gasteiger partial charge on any atom is 0.257 e. The molecule has 2 aromatic rings. The average Bonchev–Trinajstić information content (AvgIpc) is 2.43. The number of hydrogen-bond donors (Lipinski definition) is 2. The molecule has 5 nitrogen and oxygen atoms in total. The number of aryl methyl sites for hydroxylation is 2. The van der Waals surface area contributed by atoms with Crippen molar-refractivity contribution < 1.29 is 4.79 Å². The van der Waals surface area contributed by atoms with Crippen LogP contribution < -0.4 is 10.6 Å². The van der Waals surface area contributed by atoms with Gasteiger partial charge in [-0.3, -0.25) is 9.78 Å². The largest absolute Gasteiger partial charge is 0.370 e. The number of carbonyl (C=O) groups is 1. The average molecular weight is 270 g/mol. The van der Waals surface area contributed by atoms with Crippen LogP contribution in [-0.4, -0.2) is 22.4 Å². The number of pyridine rings is 2. The van der Waals surface area contributed by atoms with E-state index < -0.39 is 0 Å². The molecule has 5 heteroatoms. The molecule has 0 saturated heterocycles. The second-order valence-electron chi connectivity index (χ2n) is 4.50. The summed E-state index contributed by atoms with van der Waals surface area (Å²) < 4.78 is 0. The number of amides is 1. The predicted molar refractivity (Wildman–Crippen MR) is 80.1 cm³/mol. The summed E-state index contributed by atoms with van der Waals surface area (Å²) >= 11 is 0. The Hall–Kier alpha value is -2.43. The summed E-state index contributed by atoms with van der Waals surface area (Å²) in [6.45, 7) is 6.58. The topological polar surface area (TPSA) is 66.9 Å². The number of aromatic nitrogens is 2. The van der Waals surface area contributed by atoms with Crippen molar-refractivity contribution in [2.75, 3.05) is 17.2 Å². The van der Waals surface area contributed by atoms with Crippen LogP contribution in [0, 0.1) is 13.8 Å². The zero-order valence-corrected chi connectivity index (χ0v) is 11.9. The van der Waals surface area contributed by atoms with Gasteiger partial charge in [-0.2, -0.15) is 0 Å². The maximum absolute atomic E-state index is 12.1. The van der Waals surface area contributed by atoms with E-state index in [1.807, 2.05) is 32.9 Å². The van der Waals surface area contributed by atoms with E-state index in [9.17, 15) is 4.79 Å². The second kappa shape index (κ2) is 6.14. The van der Waals surface area contributed by atoms with Crippen molar-refractivity contribution in [1.29, 1.82) is 0 Å². The fourth-order valence-electron chi connectivity index (χ4n) is 1.83. The number of rotatable bonds is 4. The molecule has 2 rings (SSSR count). The summed E-state index contributed by atoms with van der Waals surface area (Å²) in [5.74, 6) is 0.575. The van der Waals surface area contributed by atoms with Gasteiger partial charge in [-0.05, 0) is 45.0 Å². The third-order valence-electron chi connectivity index (χ3n) is 2.86. The van der Waals surface area contributed by atoms with Gasteiger partial charge in [-0.25, -0.2) is 4.98 Å². The van der Waals surface area contributed by atoms with Crippen molar-refractivity contribution in [2.24, 2.45) is 0 Å². The van der Waals surface area contributed by atoms with E-state index in [0.717, 1.165) is 29.4 Å². The highest BCUT2D eigenvalue weighted by atomic mass is 16.1. The third-order valence-corrected chi connectivity index (χ3v) is 2.86. The van der Waals surface area contributed by atoms with Crippen LogP contribution >= 0.6 is 0 Å². The highest BCUT2D eigenvalue weighted by Gasteiger charge is 2.08. The van der Waals surface area contributed by atoms with Crippen LogP contribution in [-0.2, 0) is 0 Å². The summed E-state index contributed by atoms with van der Waals surface area (Å²) in [6, 6.07) is 7.26. The smallest absolute Gasteiger partial charge is 0.257 e. The molecular weight excluding hydrogens is 252 g/mol. The van der Waals surface area contributed by atoms with E-state index in [2.05, 4.69) is 20.6 Å². The lowest BCUT2D eigenvalue weighted by Gasteiger charge is -2.09. The lowest BCUT2D eigenvalue weighted by molar-refractivity contribution is 0.102.